The number of aromatic nitrogens is 4. The van der Waals surface area contributed by atoms with Crippen LogP contribution in [0.5, 0.6) is 0 Å². The summed E-state index contributed by atoms with van der Waals surface area (Å²) in [6.45, 7) is 1.49. The van der Waals surface area contributed by atoms with Crippen LogP contribution >= 0.6 is 0 Å². The van der Waals surface area contributed by atoms with Crippen molar-refractivity contribution in [2.24, 2.45) is 0 Å². The van der Waals surface area contributed by atoms with Crippen LogP contribution in [-0.4, -0.2) is 31.7 Å². The van der Waals surface area contributed by atoms with Gasteiger partial charge < -0.3 is 10.6 Å². The first-order valence-electron chi connectivity index (χ1n) is 9.22. The Morgan fingerprint density at radius 2 is 1.53 bits per heavy atom. The van der Waals surface area contributed by atoms with Crippen molar-refractivity contribution in [2.75, 3.05) is 10.6 Å². The van der Waals surface area contributed by atoms with Crippen LogP contribution in [0.4, 0.5) is 17.2 Å². The number of hydrogen-bond donors (Lipinski definition) is 2. The molecule has 0 saturated carbocycles. The first-order valence-corrected chi connectivity index (χ1v) is 9.22. The zero-order valence-corrected chi connectivity index (χ0v) is 16.1. The van der Waals surface area contributed by atoms with Gasteiger partial charge in [0.05, 0.1) is 0 Å². The van der Waals surface area contributed by atoms with Crippen LogP contribution in [0.2, 0.25) is 0 Å². The Labute approximate surface area is 172 Å². The molecular formula is C22H18N6O2. The Kier molecular flexibility index (Phi) is 5.29. The lowest BCUT2D eigenvalue weighted by Gasteiger charge is -2.09. The van der Waals surface area contributed by atoms with Gasteiger partial charge in [0.1, 0.15) is 0 Å². The minimum Gasteiger partial charge on any atom is -0.339 e. The second kappa shape index (κ2) is 8.36. The second-order valence-electron chi connectivity index (χ2n) is 6.52. The smallest absolute Gasteiger partial charge is 0.255 e. The lowest BCUT2D eigenvalue weighted by Crippen LogP contribution is -2.12. The van der Waals surface area contributed by atoms with Gasteiger partial charge in [-0.2, -0.15) is 5.10 Å². The molecular weight excluding hydrogens is 380 g/mol. The number of Topliss-reactive ketones (excluding diaryl/α,β-unsaturated/α-hetero) is 1. The number of nitrogens with one attached hydrogen (secondary N) is 2. The summed E-state index contributed by atoms with van der Waals surface area (Å²) in [4.78, 5) is 23.7. The topological polar surface area (TPSA) is 102 Å². The predicted octanol–water partition coefficient (Wildman–Crippen LogP) is 3.86. The summed E-state index contributed by atoms with van der Waals surface area (Å²) in [7, 11) is 0. The van der Waals surface area contributed by atoms with Crippen LogP contribution in [0.3, 0.4) is 0 Å². The van der Waals surface area contributed by atoms with Crippen LogP contribution in [0.1, 0.15) is 27.6 Å². The average Bonchev–Trinajstić information content (AvgIpc) is 3.31. The van der Waals surface area contributed by atoms with Gasteiger partial charge in [-0.15, -0.1) is 10.2 Å². The third-order valence-electron chi connectivity index (χ3n) is 4.36. The van der Waals surface area contributed by atoms with Gasteiger partial charge in [-0.25, -0.2) is 4.68 Å². The zero-order valence-electron chi connectivity index (χ0n) is 16.1. The van der Waals surface area contributed by atoms with Crippen LogP contribution < -0.4 is 10.6 Å². The van der Waals surface area contributed by atoms with Crippen molar-refractivity contribution >= 4 is 28.9 Å². The molecule has 0 saturated heterocycles. The van der Waals surface area contributed by atoms with Gasteiger partial charge in [0.2, 0.25) is 0 Å². The Balaban J connectivity index is 1.38. The van der Waals surface area contributed by atoms with Gasteiger partial charge in [0, 0.05) is 34.9 Å². The number of carbonyl (C=O) groups excluding carboxylic acids is 2. The lowest BCUT2D eigenvalue weighted by atomic mass is 10.1. The van der Waals surface area contributed by atoms with Crippen molar-refractivity contribution in [3.63, 3.8) is 0 Å². The molecule has 0 spiro atoms. The van der Waals surface area contributed by atoms with Crippen molar-refractivity contribution in [1.82, 2.24) is 20.0 Å². The monoisotopic (exact) mass is 398 g/mol. The van der Waals surface area contributed by atoms with Crippen molar-refractivity contribution in [2.45, 2.75) is 6.92 Å². The van der Waals surface area contributed by atoms with E-state index in [4.69, 9.17) is 0 Å². The molecule has 0 aliphatic heterocycles. The molecule has 0 unspecified atom stereocenters. The van der Waals surface area contributed by atoms with E-state index < -0.39 is 0 Å². The third-order valence-corrected chi connectivity index (χ3v) is 4.36. The summed E-state index contributed by atoms with van der Waals surface area (Å²) in [5, 5.41) is 18.4. The van der Waals surface area contributed by atoms with Crippen LogP contribution in [0.15, 0.2) is 79.1 Å². The summed E-state index contributed by atoms with van der Waals surface area (Å²) in [6.07, 6.45) is 3.47. The number of anilines is 3. The van der Waals surface area contributed by atoms with Gasteiger partial charge in [-0.05, 0) is 61.5 Å². The third kappa shape index (κ3) is 4.39. The first-order chi connectivity index (χ1) is 14.6. The SMILES string of the molecule is CC(=O)c1ccc(C(=O)Nc2ccc(Nc3ccc(-n4cccn4)nn3)cc2)cc1. The summed E-state index contributed by atoms with van der Waals surface area (Å²) in [5.74, 6) is 0.935. The molecule has 4 aromatic rings. The van der Waals surface area contributed by atoms with Crippen molar-refractivity contribution < 1.29 is 9.59 Å². The molecule has 2 heterocycles. The Morgan fingerprint density at radius 1 is 0.833 bits per heavy atom. The van der Waals surface area contributed by atoms with E-state index in [-0.39, 0.29) is 11.7 Å². The van der Waals surface area contributed by atoms with E-state index in [1.165, 1.54) is 6.92 Å². The van der Waals surface area contributed by atoms with E-state index in [0.29, 0.717) is 28.5 Å². The van der Waals surface area contributed by atoms with E-state index in [9.17, 15) is 9.59 Å². The van der Waals surface area contributed by atoms with Crippen molar-refractivity contribution in [1.29, 1.82) is 0 Å². The fraction of sp³-hybridized carbons (Fsp3) is 0.0455. The Bertz CT molecular complexity index is 1150. The highest BCUT2D eigenvalue weighted by atomic mass is 16.1. The van der Waals surface area contributed by atoms with Crippen LogP contribution in [0, 0.1) is 0 Å². The Morgan fingerprint density at radius 3 is 2.13 bits per heavy atom. The van der Waals surface area contributed by atoms with Crippen molar-refractivity contribution in [3.8, 4) is 5.82 Å². The highest BCUT2D eigenvalue weighted by Crippen LogP contribution is 2.18. The maximum Gasteiger partial charge on any atom is 0.255 e. The molecule has 0 radical (unpaired) electrons. The molecule has 2 aromatic carbocycles. The second-order valence-corrected chi connectivity index (χ2v) is 6.52. The quantitative estimate of drug-likeness (QED) is 0.478. The number of amides is 1. The molecule has 0 atom stereocenters. The van der Waals surface area contributed by atoms with E-state index in [2.05, 4.69) is 25.9 Å². The van der Waals surface area contributed by atoms with E-state index in [0.717, 1.165) is 5.69 Å². The molecule has 0 fully saturated rings. The summed E-state index contributed by atoms with van der Waals surface area (Å²) in [5.41, 5.74) is 2.51. The fourth-order valence-corrected chi connectivity index (χ4v) is 2.76. The van der Waals surface area contributed by atoms with Gasteiger partial charge >= 0.3 is 0 Å². The molecule has 8 heteroatoms. The fourth-order valence-electron chi connectivity index (χ4n) is 2.76. The van der Waals surface area contributed by atoms with Gasteiger partial charge in [0.25, 0.3) is 5.91 Å². The number of rotatable bonds is 6. The number of ketones is 1. The van der Waals surface area contributed by atoms with E-state index in [1.807, 2.05) is 30.3 Å². The Hall–Kier alpha value is -4.33. The summed E-state index contributed by atoms with van der Waals surface area (Å²) < 4.78 is 1.63. The first kappa shape index (κ1) is 19.0. The van der Waals surface area contributed by atoms with E-state index in [1.54, 1.807) is 53.5 Å². The van der Waals surface area contributed by atoms with Crippen LogP contribution in [-0.2, 0) is 0 Å². The highest BCUT2D eigenvalue weighted by Gasteiger charge is 2.08. The number of nitrogens with zero attached hydrogens (tertiary/aromatic N) is 4. The van der Waals surface area contributed by atoms with Gasteiger partial charge in [-0.3, -0.25) is 9.59 Å². The van der Waals surface area contributed by atoms with E-state index >= 15 is 0 Å². The zero-order chi connectivity index (χ0) is 20.9. The predicted molar refractivity (Wildman–Crippen MR) is 113 cm³/mol. The normalized spacial score (nSPS) is 10.4. The molecule has 1 amide bonds. The molecule has 2 N–H and O–H groups in total. The molecule has 148 valence electrons. The molecule has 0 aliphatic rings. The lowest BCUT2D eigenvalue weighted by molar-refractivity contribution is 0.101. The summed E-state index contributed by atoms with van der Waals surface area (Å²) >= 11 is 0. The maximum atomic E-state index is 12.4. The number of carbonyl (C=O) groups is 2. The minimum atomic E-state index is -0.245. The summed E-state index contributed by atoms with van der Waals surface area (Å²) in [6, 6.07) is 19.2. The molecule has 8 nitrogen and oxygen atoms in total. The number of benzene rings is 2. The number of hydrogen-bond acceptors (Lipinski definition) is 6. The molecule has 4 rings (SSSR count). The molecule has 0 aliphatic carbocycles. The van der Waals surface area contributed by atoms with Gasteiger partial charge in [-0.1, -0.05) is 12.1 Å². The standard InChI is InChI=1S/C22H18N6O2/c1-15(29)16-3-5-17(6-4-16)22(30)25-19-9-7-18(8-10-19)24-20-11-12-21(27-26-20)28-14-2-13-23-28/h2-14H,1H3,(H,24,26)(H,25,30). The van der Waals surface area contributed by atoms with Gasteiger partial charge in [0.15, 0.2) is 17.4 Å². The average molecular weight is 398 g/mol. The molecule has 0 bridgehead atoms. The largest absolute Gasteiger partial charge is 0.339 e. The maximum absolute atomic E-state index is 12.4. The molecule has 2 aromatic heterocycles. The van der Waals surface area contributed by atoms with Crippen LogP contribution in [0.25, 0.3) is 5.82 Å². The minimum absolute atomic E-state index is 0.0363. The highest BCUT2D eigenvalue weighted by molar-refractivity contribution is 6.05. The van der Waals surface area contributed by atoms with Crippen molar-refractivity contribution in [3.05, 3.63) is 90.3 Å². The molecule has 30 heavy (non-hydrogen) atoms.